The summed E-state index contributed by atoms with van der Waals surface area (Å²) < 4.78 is 6.75. The number of benzene rings is 1. The SMILES string of the molecule is CCN(CC)CC(O)COc1cc(C(=O)N=C(N)N)cc(-c2cc(Cl)sc2Cl)c1. The van der Waals surface area contributed by atoms with Crippen LogP contribution in [0, 0.1) is 0 Å². The maximum Gasteiger partial charge on any atom is 0.280 e. The highest BCUT2D eigenvalue weighted by atomic mass is 35.5. The van der Waals surface area contributed by atoms with Gasteiger partial charge in [-0.25, -0.2) is 0 Å². The van der Waals surface area contributed by atoms with Crippen molar-refractivity contribution in [1.29, 1.82) is 0 Å². The van der Waals surface area contributed by atoms with Crippen LogP contribution in [0.4, 0.5) is 0 Å². The second kappa shape index (κ2) is 10.8. The molecule has 158 valence electrons. The molecule has 5 N–H and O–H groups in total. The van der Waals surface area contributed by atoms with E-state index < -0.39 is 12.0 Å². The summed E-state index contributed by atoms with van der Waals surface area (Å²) >= 11 is 13.5. The zero-order valence-electron chi connectivity index (χ0n) is 16.2. The van der Waals surface area contributed by atoms with E-state index in [0.29, 0.717) is 32.1 Å². The molecule has 1 atom stereocenters. The Morgan fingerprint density at radius 2 is 1.93 bits per heavy atom. The number of nitrogens with two attached hydrogens (primary N) is 2. The number of hydrogen-bond acceptors (Lipinski definition) is 5. The molecule has 7 nitrogen and oxygen atoms in total. The number of hydrogen-bond donors (Lipinski definition) is 3. The van der Waals surface area contributed by atoms with Crippen molar-refractivity contribution < 1.29 is 14.6 Å². The Bertz CT molecular complexity index is 880. The van der Waals surface area contributed by atoms with Gasteiger partial charge in [-0.2, -0.15) is 4.99 Å². The molecule has 0 aliphatic carbocycles. The largest absolute Gasteiger partial charge is 0.491 e. The molecule has 0 aliphatic heterocycles. The molecule has 0 aliphatic rings. The van der Waals surface area contributed by atoms with Crippen molar-refractivity contribution in [3.8, 4) is 16.9 Å². The zero-order chi connectivity index (χ0) is 21.6. The predicted octanol–water partition coefficient (Wildman–Crippen LogP) is 3.22. The molecular formula is C19H24Cl2N4O3S. The van der Waals surface area contributed by atoms with Gasteiger partial charge in [-0.15, -0.1) is 11.3 Å². The Balaban J connectivity index is 2.31. The van der Waals surface area contributed by atoms with E-state index in [9.17, 15) is 9.90 Å². The number of halogens is 2. The zero-order valence-corrected chi connectivity index (χ0v) is 18.5. The lowest BCUT2D eigenvalue weighted by Gasteiger charge is -2.22. The van der Waals surface area contributed by atoms with E-state index in [1.54, 1.807) is 18.2 Å². The van der Waals surface area contributed by atoms with Gasteiger partial charge in [0.2, 0.25) is 0 Å². The van der Waals surface area contributed by atoms with Crippen LogP contribution in [0.3, 0.4) is 0 Å². The third kappa shape index (κ3) is 6.87. The molecule has 1 aromatic heterocycles. The quantitative estimate of drug-likeness (QED) is 0.392. The first-order valence-electron chi connectivity index (χ1n) is 9.00. The third-order valence-electron chi connectivity index (χ3n) is 4.16. The summed E-state index contributed by atoms with van der Waals surface area (Å²) in [5.74, 6) is -0.569. The molecule has 0 saturated heterocycles. The average molecular weight is 459 g/mol. The summed E-state index contributed by atoms with van der Waals surface area (Å²) in [7, 11) is 0. The fraction of sp³-hybridized carbons (Fsp3) is 0.368. The van der Waals surface area contributed by atoms with Crippen molar-refractivity contribution in [2.45, 2.75) is 20.0 Å². The minimum absolute atomic E-state index is 0.0635. The molecule has 1 heterocycles. The molecule has 1 unspecified atom stereocenters. The lowest BCUT2D eigenvalue weighted by atomic mass is 10.0. The summed E-state index contributed by atoms with van der Waals surface area (Å²) in [5.41, 5.74) is 12.1. The van der Waals surface area contributed by atoms with Crippen molar-refractivity contribution in [2.24, 2.45) is 16.5 Å². The first kappa shape index (κ1) is 23.4. The number of ether oxygens (including phenoxy) is 1. The fourth-order valence-electron chi connectivity index (χ4n) is 2.71. The molecule has 1 amide bonds. The number of thiophene rings is 1. The maximum atomic E-state index is 12.3. The number of nitrogens with zero attached hydrogens (tertiary/aromatic N) is 2. The van der Waals surface area contributed by atoms with E-state index in [2.05, 4.69) is 9.89 Å². The second-order valence-corrected chi connectivity index (χ2v) is 8.56. The molecule has 0 fully saturated rings. The Labute approximate surface area is 183 Å². The molecular weight excluding hydrogens is 435 g/mol. The first-order valence-corrected chi connectivity index (χ1v) is 10.6. The van der Waals surface area contributed by atoms with E-state index in [0.717, 1.165) is 13.1 Å². The molecule has 0 saturated carbocycles. The molecule has 1 aromatic carbocycles. The van der Waals surface area contributed by atoms with Crippen molar-refractivity contribution in [3.05, 3.63) is 38.5 Å². The summed E-state index contributed by atoms with van der Waals surface area (Å²) in [6.45, 7) is 6.26. The van der Waals surface area contributed by atoms with Gasteiger partial charge in [-0.1, -0.05) is 37.0 Å². The Hall–Kier alpha value is -1.84. The van der Waals surface area contributed by atoms with Crippen molar-refractivity contribution in [1.82, 2.24) is 4.90 Å². The monoisotopic (exact) mass is 458 g/mol. The smallest absolute Gasteiger partial charge is 0.280 e. The number of likely N-dealkylation sites (N-methyl/N-ethyl adjacent to an activating group) is 1. The molecule has 2 rings (SSSR count). The van der Waals surface area contributed by atoms with Crippen LogP contribution >= 0.6 is 34.5 Å². The fourth-order valence-corrected chi connectivity index (χ4v) is 4.21. The predicted molar refractivity (Wildman–Crippen MR) is 119 cm³/mol. The van der Waals surface area contributed by atoms with Crippen LogP contribution in [0.25, 0.3) is 11.1 Å². The number of aliphatic imine (C=N–C) groups is 1. The van der Waals surface area contributed by atoms with E-state index in [1.165, 1.54) is 17.4 Å². The molecule has 29 heavy (non-hydrogen) atoms. The van der Waals surface area contributed by atoms with Gasteiger partial charge < -0.3 is 26.2 Å². The maximum absolute atomic E-state index is 12.3. The van der Waals surface area contributed by atoms with Gasteiger partial charge in [0.05, 0.1) is 4.34 Å². The standard InChI is InChI=1S/C19H24Cl2N4O3S/c1-3-25(4-2)9-13(26)10-28-14-6-11(15-8-16(20)29-17(15)21)5-12(7-14)18(27)24-19(22)23/h5-8,13,26H,3-4,9-10H2,1-2H3,(H4,22,23,24,27). The number of carbonyl (C=O) groups excluding carboxylic acids is 1. The number of carbonyl (C=O) groups is 1. The van der Waals surface area contributed by atoms with Gasteiger partial charge in [-0.3, -0.25) is 4.79 Å². The molecule has 2 aromatic rings. The van der Waals surface area contributed by atoms with Gasteiger partial charge in [0.15, 0.2) is 5.96 Å². The summed E-state index contributed by atoms with van der Waals surface area (Å²) in [4.78, 5) is 18.0. The lowest BCUT2D eigenvalue weighted by molar-refractivity contribution is 0.0716. The van der Waals surface area contributed by atoms with Gasteiger partial charge in [-0.05, 0) is 42.9 Å². The van der Waals surface area contributed by atoms with E-state index in [4.69, 9.17) is 39.4 Å². The van der Waals surface area contributed by atoms with Crippen molar-refractivity contribution >= 4 is 46.4 Å². The van der Waals surface area contributed by atoms with Crippen molar-refractivity contribution in [3.63, 3.8) is 0 Å². The van der Waals surface area contributed by atoms with E-state index >= 15 is 0 Å². The molecule has 0 bridgehead atoms. The topological polar surface area (TPSA) is 114 Å². The number of aliphatic hydroxyl groups excluding tert-OH is 1. The number of aliphatic hydroxyl groups is 1. The summed E-state index contributed by atoms with van der Waals surface area (Å²) in [6, 6.07) is 6.56. The third-order valence-corrected chi connectivity index (χ3v) is 5.65. The number of rotatable bonds is 9. The summed E-state index contributed by atoms with van der Waals surface area (Å²) in [5, 5.41) is 10.2. The van der Waals surface area contributed by atoms with Crippen molar-refractivity contribution in [2.75, 3.05) is 26.2 Å². The van der Waals surface area contributed by atoms with Crippen LogP contribution in [0.2, 0.25) is 8.67 Å². The Morgan fingerprint density at radius 3 is 2.48 bits per heavy atom. The second-order valence-electron chi connectivity index (χ2n) is 6.28. The van der Waals surface area contributed by atoms with Crippen LogP contribution < -0.4 is 16.2 Å². The number of guanidine groups is 1. The highest BCUT2D eigenvalue weighted by molar-refractivity contribution is 7.20. The van der Waals surface area contributed by atoms with Crippen LogP contribution in [0.15, 0.2) is 29.3 Å². The molecule has 0 radical (unpaired) electrons. The minimum Gasteiger partial charge on any atom is -0.491 e. The first-order chi connectivity index (χ1) is 13.7. The summed E-state index contributed by atoms with van der Waals surface area (Å²) in [6.07, 6.45) is -0.686. The molecule has 0 spiro atoms. The minimum atomic E-state index is -0.686. The number of amides is 1. The lowest BCUT2D eigenvalue weighted by Crippen LogP contribution is -2.35. The average Bonchev–Trinajstić information content (AvgIpc) is 3.01. The normalized spacial score (nSPS) is 12.1. The van der Waals surface area contributed by atoms with Crippen LogP contribution in [0.1, 0.15) is 24.2 Å². The Kier molecular flexibility index (Phi) is 8.73. The van der Waals surface area contributed by atoms with Gasteiger partial charge in [0.25, 0.3) is 5.91 Å². The highest BCUT2D eigenvalue weighted by Gasteiger charge is 2.16. The molecule has 10 heteroatoms. The van der Waals surface area contributed by atoms with E-state index in [-0.39, 0.29) is 18.1 Å². The highest BCUT2D eigenvalue weighted by Crippen LogP contribution is 2.39. The van der Waals surface area contributed by atoms with Crippen LogP contribution in [-0.4, -0.2) is 54.2 Å². The van der Waals surface area contributed by atoms with Gasteiger partial charge in [0, 0.05) is 17.7 Å². The van der Waals surface area contributed by atoms with Crippen LogP contribution in [-0.2, 0) is 0 Å². The van der Waals surface area contributed by atoms with E-state index in [1.807, 2.05) is 13.8 Å². The van der Waals surface area contributed by atoms with Gasteiger partial charge in [0.1, 0.15) is 22.8 Å². The van der Waals surface area contributed by atoms with Crippen LogP contribution in [0.5, 0.6) is 5.75 Å². The van der Waals surface area contributed by atoms with Gasteiger partial charge >= 0.3 is 0 Å². The Morgan fingerprint density at radius 1 is 1.24 bits per heavy atom.